The summed E-state index contributed by atoms with van der Waals surface area (Å²) >= 11 is 0. The molecule has 1 aromatic carbocycles. The Balaban J connectivity index is 2.41. The molecule has 5 heteroatoms. The summed E-state index contributed by atoms with van der Waals surface area (Å²) in [6.07, 6.45) is 3.25. The van der Waals surface area contributed by atoms with Gasteiger partial charge in [0, 0.05) is 12.4 Å². The molecule has 0 bridgehead atoms. The molecule has 0 atom stereocenters. The number of nitrogens with two attached hydrogens (primary N) is 1. The molecule has 0 aliphatic heterocycles. The lowest BCUT2D eigenvalue weighted by Gasteiger charge is -2.21. The first-order valence-corrected chi connectivity index (χ1v) is 6.01. The van der Waals surface area contributed by atoms with Crippen LogP contribution in [0.3, 0.4) is 0 Å². The minimum Gasteiger partial charge on any atom is -0.397 e. The number of hydrogen-bond acceptors (Lipinski definition) is 4. The zero-order valence-electron chi connectivity index (χ0n) is 11.2. The van der Waals surface area contributed by atoms with Crippen molar-refractivity contribution in [2.75, 3.05) is 11.1 Å². The third-order valence-electron chi connectivity index (χ3n) is 2.76. The average Bonchev–Trinajstić information content (AvgIpc) is 2.32. The number of hydrogen-bond donors (Lipinski definition) is 2. The molecule has 4 nitrogen and oxygen atoms in total. The van der Waals surface area contributed by atoms with Gasteiger partial charge in [-0.1, -0.05) is 20.8 Å². The zero-order valence-corrected chi connectivity index (χ0v) is 11.2. The second-order valence-electron chi connectivity index (χ2n) is 5.37. The molecule has 0 unspecified atom stereocenters. The van der Waals surface area contributed by atoms with Gasteiger partial charge in [-0.25, -0.2) is 14.4 Å². The quantitative estimate of drug-likeness (QED) is 0.814. The molecule has 0 radical (unpaired) electrons. The second kappa shape index (κ2) is 4.84. The van der Waals surface area contributed by atoms with Crippen LogP contribution >= 0.6 is 0 Å². The first-order valence-electron chi connectivity index (χ1n) is 6.01. The van der Waals surface area contributed by atoms with Crippen molar-refractivity contribution in [1.82, 2.24) is 9.97 Å². The van der Waals surface area contributed by atoms with Crippen molar-refractivity contribution in [3.05, 3.63) is 42.0 Å². The van der Waals surface area contributed by atoms with E-state index in [2.05, 4.69) is 15.3 Å². The highest BCUT2D eigenvalue weighted by Crippen LogP contribution is 2.32. The number of aromatic nitrogens is 2. The Morgan fingerprint density at radius 2 is 1.79 bits per heavy atom. The van der Waals surface area contributed by atoms with E-state index in [9.17, 15) is 4.39 Å². The number of nitrogens with zero attached hydrogens (tertiary/aromatic N) is 2. The van der Waals surface area contributed by atoms with Crippen LogP contribution in [0.5, 0.6) is 0 Å². The third kappa shape index (κ3) is 2.99. The Hall–Kier alpha value is -2.17. The summed E-state index contributed by atoms with van der Waals surface area (Å²) in [5.74, 6) is 0.130. The molecular weight excluding hydrogens is 243 g/mol. The van der Waals surface area contributed by atoms with Gasteiger partial charge in [0.05, 0.1) is 11.4 Å². The molecule has 100 valence electrons. The molecule has 0 aliphatic rings. The van der Waals surface area contributed by atoms with Crippen molar-refractivity contribution in [2.24, 2.45) is 0 Å². The van der Waals surface area contributed by atoms with Crippen LogP contribution in [0.1, 0.15) is 26.3 Å². The highest BCUT2D eigenvalue weighted by atomic mass is 19.1. The molecule has 2 aromatic rings. The molecule has 0 amide bonds. The Labute approximate surface area is 111 Å². The van der Waals surface area contributed by atoms with Crippen molar-refractivity contribution in [3.8, 4) is 0 Å². The van der Waals surface area contributed by atoms with E-state index in [1.165, 1.54) is 6.07 Å². The predicted molar refractivity (Wildman–Crippen MR) is 74.8 cm³/mol. The van der Waals surface area contributed by atoms with Crippen molar-refractivity contribution in [2.45, 2.75) is 26.2 Å². The van der Waals surface area contributed by atoms with Crippen molar-refractivity contribution >= 4 is 17.3 Å². The molecule has 1 heterocycles. The first kappa shape index (κ1) is 13.3. The highest BCUT2D eigenvalue weighted by Gasteiger charge is 2.20. The van der Waals surface area contributed by atoms with E-state index >= 15 is 0 Å². The van der Waals surface area contributed by atoms with Gasteiger partial charge in [-0.15, -0.1) is 0 Å². The van der Waals surface area contributed by atoms with Gasteiger partial charge in [0.25, 0.3) is 0 Å². The summed E-state index contributed by atoms with van der Waals surface area (Å²) in [7, 11) is 0. The average molecular weight is 260 g/mol. The fourth-order valence-electron chi connectivity index (χ4n) is 1.76. The van der Waals surface area contributed by atoms with Crippen molar-refractivity contribution in [3.63, 3.8) is 0 Å². The smallest absolute Gasteiger partial charge is 0.227 e. The topological polar surface area (TPSA) is 63.8 Å². The first-order chi connectivity index (χ1) is 8.88. The lowest BCUT2D eigenvalue weighted by atomic mass is 9.86. The van der Waals surface area contributed by atoms with Crippen LogP contribution in [-0.4, -0.2) is 9.97 Å². The van der Waals surface area contributed by atoms with Crippen molar-refractivity contribution in [1.29, 1.82) is 0 Å². The molecule has 0 saturated carbocycles. The van der Waals surface area contributed by atoms with Crippen molar-refractivity contribution < 1.29 is 4.39 Å². The second-order valence-corrected chi connectivity index (χ2v) is 5.37. The highest BCUT2D eigenvalue weighted by molar-refractivity contribution is 5.71. The van der Waals surface area contributed by atoms with Gasteiger partial charge in [0.1, 0.15) is 5.82 Å². The molecule has 19 heavy (non-hydrogen) atoms. The van der Waals surface area contributed by atoms with E-state index in [4.69, 9.17) is 5.73 Å². The third-order valence-corrected chi connectivity index (χ3v) is 2.76. The lowest BCUT2D eigenvalue weighted by molar-refractivity contribution is 0.523. The van der Waals surface area contributed by atoms with E-state index in [0.29, 0.717) is 22.9 Å². The Kier molecular flexibility index (Phi) is 3.38. The maximum absolute atomic E-state index is 13.9. The Morgan fingerprint density at radius 3 is 2.37 bits per heavy atom. The Bertz CT molecular complexity index is 576. The minimum absolute atomic E-state index is 0.300. The Morgan fingerprint density at radius 1 is 1.16 bits per heavy atom. The molecule has 0 fully saturated rings. The summed E-state index contributed by atoms with van der Waals surface area (Å²) in [6, 6.07) is 4.76. The van der Waals surface area contributed by atoms with Gasteiger partial charge in [-0.05, 0) is 29.2 Å². The van der Waals surface area contributed by atoms with Gasteiger partial charge >= 0.3 is 0 Å². The normalized spacial score (nSPS) is 11.4. The number of rotatable bonds is 2. The monoisotopic (exact) mass is 260 g/mol. The zero-order chi connectivity index (χ0) is 14.0. The molecule has 0 aliphatic carbocycles. The van der Waals surface area contributed by atoms with Crippen LogP contribution < -0.4 is 11.1 Å². The van der Waals surface area contributed by atoms with Gasteiger partial charge in [0.2, 0.25) is 5.95 Å². The molecule has 3 N–H and O–H groups in total. The summed E-state index contributed by atoms with van der Waals surface area (Å²) in [4.78, 5) is 8.12. The molecule has 0 spiro atoms. The summed E-state index contributed by atoms with van der Waals surface area (Å²) in [5.41, 5.74) is 7.06. The van der Waals surface area contributed by atoms with Crippen LogP contribution in [0.4, 0.5) is 21.7 Å². The van der Waals surface area contributed by atoms with Crippen LogP contribution in [0, 0.1) is 5.82 Å². The fraction of sp³-hybridized carbons (Fsp3) is 0.286. The summed E-state index contributed by atoms with van der Waals surface area (Å²) < 4.78 is 13.9. The van der Waals surface area contributed by atoms with E-state index in [-0.39, 0.29) is 11.2 Å². The van der Waals surface area contributed by atoms with Gasteiger partial charge in [0.15, 0.2) is 0 Å². The molecule has 0 saturated heterocycles. The molecular formula is C14H17FN4. The lowest BCUT2D eigenvalue weighted by Crippen LogP contribution is -2.15. The summed E-state index contributed by atoms with van der Waals surface area (Å²) in [6.45, 7) is 5.85. The number of anilines is 3. The van der Waals surface area contributed by atoms with E-state index in [0.717, 1.165) is 0 Å². The van der Waals surface area contributed by atoms with E-state index in [1.807, 2.05) is 20.8 Å². The van der Waals surface area contributed by atoms with E-state index in [1.54, 1.807) is 24.5 Å². The predicted octanol–water partition coefficient (Wildman–Crippen LogP) is 3.24. The van der Waals surface area contributed by atoms with Crippen LogP contribution in [0.2, 0.25) is 0 Å². The number of halogens is 1. The van der Waals surface area contributed by atoms with Crippen LogP contribution in [-0.2, 0) is 5.41 Å². The van der Waals surface area contributed by atoms with Gasteiger partial charge < -0.3 is 11.1 Å². The minimum atomic E-state index is -0.301. The van der Waals surface area contributed by atoms with E-state index < -0.39 is 0 Å². The maximum Gasteiger partial charge on any atom is 0.227 e. The van der Waals surface area contributed by atoms with Crippen LogP contribution in [0.25, 0.3) is 0 Å². The number of nitrogen functional groups attached to an aromatic ring is 1. The van der Waals surface area contributed by atoms with Gasteiger partial charge in [-0.2, -0.15) is 0 Å². The number of nitrogens with one attached hydrogen (secondary N) is 1. The number of benzene rings is 1. The molecule has 2 rings (SSSR count). The largest absolute Gasteiger partial charge is 0.397 e. The molecule has 1 aromatic heterocycles. The van der Waals surface area contributed by atoms with Gasteiger partial charge in [-0.3, -0.25) is 0 Å². The standard InChI is InChI=1S/C14H17FN4/c1-14(2,3)9-7-12(11(16)8-10(9)15)19-13-17-5-4-6-18-13/h4-8H,16H2,1-3H3,(H,17,18,19). The SMILES string of the molecule is CC(C)(C)c1cc(Nc2ncccn2)c(N)cc1F. The summed E-state index contributed by atoms with van der Waals surface area (Å²) in [5, 5.41) is 3.00. The van der Waals surface area contributed by atoms with Crippen LogP contribution in [0.15, 0.2) is 30.6 Å². The maximum atomic E-state index is 13.9. The fourth-order valence-corrected chi connectivity index (χ4v) is 1.76.